The quantitative estimate of drug-likeness (QED) is 0.695. The van der Waals surface area contributed by atoms with E-state index in [4.69, 9.17) is 0 Å². The summed E-state index contributed by atoms with van der Waals surface area (Å²) in [5.41, 5.74) is 7.35. The van der Waals surface area contributed by atoms with E-state index < -0.39 is 0 Å². The summed E-state index contributed by atoms with van der Waals surface area (Å²) in [6.07, 6.45) is 1.17. The first kappa shape index (κ1) is 12.4. The molecule has 1 aliphatic rings. The summed E-state index contributed by atoms with van der Waals surface area (Å²) in [4.78, 5) is 0. The minimum atomic E-state index is 0.555. The molecule has 0 amide bonds. The highest BCUT2D eigenvalue weighted by Crippen LogP contribution is 2.50. The maximum Gasteiger partial charge on any atom is 0.136 e. The van der Waals surface area contributed by atoms with Crippen LogP contribution in [0.4, 0.5) is 5.69 Å². The molecule has 0 heterocycles. The van der Waals surface area contributed by atoms with Gasteiger partial charge in [0.1, 0.15) is 5.69 Å². The van der Waals surface area contributed by atoms with E-state index in [1.807, 2.05) is 0 Å². The Labute approximate surface area is 116 Å². The first-order valence-electron chi connectivity index (χ1n) is 7.08. The van der Waals surface area contributed by atoms with Gasteiger partial charge in [-0.2, -0.15) is 0 Å². The van der Waals surface area contributed by atoms with Gasteiger partial charge in [-0.15, -0.1) is 0 Å². The van der Waals surface area contributed by atoms with Crippen molar-refractivity contribution in [3.8, 4) is 11.1 Å². The van der Waals surface area contributed by atoms with Gasteiger partial charge in [0.05, 0.1) is 21.1 Å². The maximum absolute atomic E-state index is 2.29. The summed E-state index contributed by atoms with van der Waals surface area (Å²) in [6, 6.07) is 15.6. The summed E-state index contributed by atoms with van der Waals surface area (Å²) in [6.45, 7) is 2.29. The van der Waals surface area contributed by atoms with Gasteiger partial charge in [0, 0.05) is 11.5 Å². The van der Waals surface area contributed by atoms with Crippen LogP contribution in [-0.2, 0) is 0 Å². The maximum atomic E-state index is 2.29. The lowest BCUT2D eigenvalue weighted by Crippen LogP contribution is -2.36. The minimum absolute atomic E-state index is 0.555. The largest absolute Gasteiger partial charge is 0.298 e. The summed E-state index contributed by atoms with van der Waals surface area (Å²) in [5.74, 6) is 0.555. The number of hydrogen-bond acceptors (Lipinski definition) is 0. The van der Waals surface area contributed by atoms with Crippen LogP contribution in [0.15, 0.2) is 42.5 Å². The van der Waals surface area contributed by atoms with Gasteiger partial charge >= 0.3 is 0 Å². The number of benzene rings is 2. The third-order valence-electron chi connectivity index (χ3n) is 4.19. The zero-order chi connectivity index (χ0) is 13.6. The van der Waals surface area contributed by atoms with Crippen molar-refractivity contribution in [1.29, 1.82) is 0 Å². The number of rotatable bonds is 2. The lowest BCUT2D eigenvalue weighted by atomic mass is 9.92. The molecule has 0 spiro atoms. The second-order valence-electron chi connectivity index (χ2n) is 6.30. The van der Waals surface area contributed by atoms with Crippen LogP contribution in [0, 0.1) is 0 Å². The Kier molecular flexibility index (Phi) is 2.75. The molecule has 0 N–H and O–H groups in total. The molecular formula is C18H22N+. The van der Waals surface area contributed by atoms with E-state index >= 15 is 0 Å². The number of hydrogen-bond donors (Lipinski definition) is 0. The summed E-state index contributed by atoms with van der Waals surface area (Å²) in [7, 11) is 6.77. The second kappa shape index (κ2) is 4.21. The average molecular weight is 252 g/mol. The van der Waals surface area contributed by atoms with E-state index in [2.05, 4.69) is 70.5 Å². The van der Waals surface area contributed by atoms with Crippen LogP contribution in [0.2, 0.25) is 0 Å². The monoisotopic (exact) mass is 252 g/mol. The van der Waals surface area contributed by atoms with Crippen molar-refractivity contribution < 1.29 is 0 Å². The third-order valence-corrected chi connectivity index (χ3v) is 4.19. The molecule has 0 radical (unpaired) electrons. The summed E-state index contributed by atoms with van der Waals surface area (Å²) >= 11 is 0. The average Bonchev–Trinajstić information content (AvgIpc) is 2.71. The summed E-state index contributed by atoms with van der Waals surface area (Å²) in [5, 5.41) is 0. The molecule has 0 bridgehead atoms. The standard InChI is InChI=1S/C18H22N/c1-5-13-14-9-6-7-10-15(14)16-11-8-12-17(18(13)16)19(2,3)4/h6-13H,5H2,1-4H3/q+1. The lowest BCUT2D eigenvalue weighted by molar-refractivity contribution is 0.480. The Hall–Kier alpha value is -1.60. The van der Waals surface area contributed by atoms with Crippen LogP contribution in [0.1, 0.15) is 30.4 Å². The van der Waals surface area contributed by atoms with Crippen LogP contribution in [-0.4, -0.2) is 21.1 Å². The minimum Gasteiger partial charge on any atom is -0.298 e. The Bertz CT molecular complexity index is 620. The van der Waals surface area contributed by atoms with Gasteiger partial charge in [0.25, 0.3) is 0 Å². The number of fused-ring (bicyclic) bond motifs is 3. The topological polar surface area (TPSA) is 0 Å². The van der Waals surface area contributed by atoms with Crippen LogP contribution in [0.25, 0.3) is 11.1 Å². The lowest BCUT2D eigenvalue weighted by Gasteiger charge is -2.27. The molecule has 1 aliphatic carbocycles. The molecule has 0 fully saturated rings. The van der Waals surface area contributed by atoms with Crippen molar-refractivity contribution in [1.82, 2.24) is 4.48 Å². The highest BCUT2D eigenvalue weighted by molar-refractivity contribution is 5.83. The smallest absolute Gasteiger partial charge is 0.136 e. The third kappa shape index (κ3) is 1.81. The molecule has 1 atom stereocenters. The fourth-order valence-corrected chi connectivity index (χ4v) is 3.36. The highest BCUT2D eigenvalue weighted by Gasteiger charge is 2.33. The first-order chi connectivity index (χ1) is 9.04. The highest BCUT2D eigenvalue weighted by atomic mass is 15.3. The van der Waals surface area contributed by atoms with Crippen molar-refractivity contribution in [3.63, 3.8) is 0 Å². The molecule has 1 unspecified atom stereocenters. The molecule has 3 rings (SSSR count). The van der Waals surface area contributed by atoms with Gasteiger partial charge in [0.15, 0.2) is 0 Å². The predicted octanol–water partition coefficient (Wildman–Crippen LogP) is 4.41. The Balaban J connectivity index is 2.31. The first-order valence-corrected chi connectivity index (χ1v) is 7.08. The fraction of sp³-hybridized carbons (Fsp3) is 0.333. The molecule has 1 nitrogen and oxygen atoms in total. The van der Waals surface area contributed by atoms with E-state index in [0.717, 1.165) is 4.48 Å². The van der Waals surface area contributed by atoms with E-state index in [-0.39, 0.29) is 0 Å². The van der Waals surface area contributed by atoms with Gasteiger partial charge in [-0.05, 0) is 29.2 Å². The van der Waals surface area contributed by atoms with E-state index in [9.17, 15) is 0 Å². The van der Waals surface area contributed by atoms with Crippen molar-refractivity contribution in [2.45, 2.75) is 19.3 Å². The molecule has 2 aromatic rings. The SMILES string of the molecule is CCC1c2ccccc2-c2cccc([N+](C)(C)C)c21. The van der Waals surface area contributed by atoms with Gasteiger partial charge in [-0.25, -0.2) is 0 Å². The van der Waals surface area contributed by atoms with Crippen molar-refractivity contribution >= 4 is 5.69 Å². The fourth-order valence-electron chi connectivity index (χ4n) is 3.36. The van der Waals surface area contributed by atoms with Gasteiger partial charge < -0.3 is 0 Å². The molecule has 0 aromatic heterocycles. The molecule has 1 heteroatoms. The van der Waals surface area contributed by atoms with Gasteiger partial charge in [0.2, 0.25) is 0 Å². The van der Waals surface area contributed by atoms with Crippen molar-refractivity contribution in [2.24, 2.45) is 0 Å². The summed E-state index contributed by atoms with van der Waals surface area (Å²) < 4.78 is 0.883. The molecule has 0 saturated heterocycles. The zero-order valence-electron chi connectivity index (χ0n) is 12.3. The van der Waals surface area contributed by atoms with Crippen molar-refractivity contribution in [2.75, 3.05) is 21.1 Å². The second-order valence-corrected chi connectivity index (χ2v) is 6.30. The van der Waals surface area contributed by atoms with E-state index in [0.29, 0.717) is 5.92 Å². The molecular weight excluding hydrogens is 230 g/mol. The number of quaternary nitrogens is 1. The van der Waals surface area contributed by atoms with E-state index in [1.165, 1.54) is 28.8 Å². The number of nitrogens with zero attached hydrogens (tertiary/aromatic N) is 1. The molecule has 98 valence electrons. The Morgan fingerprint density at radius 2 is 1.58 bits per heavy atom. The molecule has 0 aliphatic heterocycles. The van der Waals surface area contributed by atoms with Crippen LogP contribution >= 0.6 is 0 Å². The van der Waals surface area contributed by atoms with Gasteiger partial charge in [-0.1, -0.05) is 43.3 Å². The zero-order valence-corrected chi connectivity index (χ0v) is 12.3. The molecule has 0 saturated carbocycles. The van der Waals surface area contributed by atoms with Crippen LogP contribution in [0.5, 0.6) is 0 Å². The Morgan fingerprint density at radius 3 is 2.26 bits per heavy atom. The Morgan fingerprint density at radius 1 is 0.895 bits per heavy atom. The van der Waals surface area contributed by atoms with Crippen LogP contribution < -0.4 is 4.48 Å². The molecule has 2 aromatic carbocycles. The van der Waals surface area contributed by atoms with E-state index in [1.54, 1.807) is 5.56 Å². The van der Waals surface area contributed by atoms with Crippen molar-refractivity contribution in [3.05, 3.63) is 53.6 Å². The van der Waals surface area contributed by atoms with Crippen LogP contribution in [0.3, 0.4) is 0 Å². The van der Waals surface area contributed by atoms with Gasteiger partial charge in [-0.3, -0.25) is 4.48 Å². The normalized spacial score (nSPS) is 17.2. The molecule has 19 heavy (non-hydrogen) atoms. The predicted molar refractivity (Wildman–Crippen MR) is 83.6 cm³/mol.